The summed E-state index contributed by atoms with van der Waals surface area (Å²) in [5, 5.41) is 16.8. The fourth-order valence-electron chi connectivity index (χ4n) is 1.42. The van der Waals surface area contributed by atoms with Crippen molar-refractivity contribution in [3.05, 3.63) is 29.3 Å². The number of carbonyl (C=O) groups excluding carboxylic acids is 3. The van der Waals surface area contributed by atoms with E-state index in [0.717, 1.165) is 0 Å². The SMILES string of the molecule is CCNC(=O)C(=O)N/N=C\c1ccc(OC)c(C(=O)[O-])c1. The molecule has 0 saturated carbocycles. The van der Waals surface area contributed by atoms with Crippen LogP contribution < -0.4 is 20.6 Å². The highest BCUT2D eigenvalue weighted by molar-refractivity contribution is 6.35. The first kappa shape index (κ1) is 16.2. The van der Waals surface area contributed by atoms with E-state index in [0.29, 0.717) is 12.1 Å². The number of carboxylic acid groups (broad SMARTS) is 1. The van der Waals surface area contributed by atoms with Crippen molar-refractivity contribution >= 4 is 24.0 Å². The average molecular weight is 292 g/mol. The Labute approximate surface area is 120 Å². The molecular weight excluding hydrogens is 278 g/mol. The maximum absolute atomic E-state index is 11.2. The van der Waals surface area contributed by atoms with Crippen molar-refractivity contribution in [1.29, 1.82) is 0 Å². The van der Waals surface area contributed by atoms with Crippen LogP contribution in [0.15, 0.2) is 23.3 Å². The number of nitrogens with one attached hydrogen (secondary N) is 2. The van der Waals surface area contributed by atoms with E-state index < -0.39 is 17.8 Å². The summed E-state index contributed by atoms with van der Waals surface area (Å²) < 4.78 is 4.87. The highest BCUT2D eigenvalue weighted by atomic mass is 16.5. The van der Waals surface area contributed by atoms with E-state index in [1.807, 2.05) is 5.43 Å². The molecule has 0 aliphatic heterocycles. The summed E-state index contributed by atoms with van der Waals surface area (Å²) in [5.41, 5.74) is 2.27. The summed E-state index contributed by atoms with van der Waals surface area (Å²) in [4.78, 5) is 33.3. The Morgan fingerprint density at radius 3 is 2.62 bits per heavy atom. The van der Waals surface area contributed by atoms with Gasteiger partial charge in [-0.25, -0.2) is 5.43 Å². The normalized spacial score (nSPS) is 10.2. The summed E-state index contributed by atoms with van der Waals surface area (Å²) in [5.74, 6) is -2.96. The molecule has 112 valence electrons. The first-order valence-electron chi connectivity index (χ1n) is 6.00. The second-order valence-electron chi connectivity index (χ2n) is 3.81. The highest BCUT2D eigenvalue weighted by Gasteiger charge is 2.10. The summed E-state index contributed by atoms with van der Waals surface area (Å²) in [7, 11) is 1.34. The average Bonchev–Trinajstić information content (AvgIpc) is 2.47. The van der Waals surface area contributed by atoms with Gasteiger partial charge in [-0.2, -0.15) is 5.10 Å². The quantitative estimate of drug-likeness (QED) is 0.395. The van der Waals surface area contributed by atoms with Gasteiger partial charge in [-0.1, -0.05) is 0 Å². The molecule has 2 amide bonds. The molecule has 0 aliphatic carbocycles. The number of benzene rings is 1. The van der Waals surface area contributed by atoms with E-state index in [4.69, 9.17) is 4.74 Å². The summed E-state index contributed by atoms with van der Waals surface area (Å²) in [6.07, 6.45) is 1.20. The van der Waals surface area contributed by atoms with Crippen LogP contribution in [-0.2, 0) is 9.59 Å². The van der Waals surface area contributed by atoms with Crippen molar-refractivity contribution in [3.8, 4) is 5.75 Å². The van der Waals surface area contributed by atoms with Crippen molar-refractivity contribution in [2.75, 3.05) is 13.7 Å². The van der Waals surface area contributed by atoms with Gasteiger partial charge in [0.2, 0.25) is 0 Å². The van der Waals surface area contributed by atoms with Gasteiger partial charge < -0.3 is 20.0 Å². The van der Waals surface area contributed by atoms with Crippen molar-refractivity contribution in [2.45, 2.75) is 6.92 Å². The van der Waals surface area contributed by atoms with Crippen molar-refractivity contribution in [2.24, 2.45) is 5.10 Å². The van der Waals surface area contributed by atoms with Gasteiger partial charge in [0.1, 0.15) is 5.75 Å². The summed E-state index contributed by atoms with van der Waals surface area (Å²) >= 11 is 0. The maximum atomic E-state index is 11.2. The molecule has 0 heterocycles. The first-order chi connectivity index (χ1) is 9.99. The van der Waals surface area contributed by atoms with Gasteiger partial charge in [0, 0.05) is 12.1 Å². The van der Waals surface area contributed by atoms with Gasteiger partial charge in [0.05, 0.1) is 19.3 Å². The Bertz CT molecular complexity index is 583. The molecule has 1 aromatic rings. The van der Waals surface area contributed by atoms with Gasteiger partial charge in [0.15, 0.2) is 0 Å². The summed E-state index contributed by atoms with van der Waals surface area (Å²) in [6.45, 7) is 2.00. The number of carboxylic acids is 1. The van der Waals surface area contributed by atoms with E-state index in [9.17, 15) is 19.5 Å². The van der Waals surface area contributed by atoms with Gasteiger partial charge in [0.25, 0.3) is 0 Å². The van der Waals surface area contributed by atoms with Crippen LogP contribution in [-0.4, -0.2) is 37.7 Å². The van der Waals surface area contributed by atoms with Crippen LogP contribution >= 0.6 is 0 Å². The lowest BCUT2D eigenvalue weighted by atomic mass is 10.1. The first-order valence-corrected chi connectivity index (χ1v) is 6.00. The molecule has 21 heavy (non-hydrogen) atoms. The molecule has 0 aromatic heterocycles. The fourth-order valence-corrected chi connectivity index (χ4v) is 1.42. The van der Waals surface area contributed by atoms with Crippen LogP contribution in [0.2, 0.25) is 0 Å². The van der Waals surface area contributed by atoms with E-state index in [2.05, 4.69) is 10.4 Å². The predicted molar refractivity (Wildman–Crippen MR) is 71.7 cm³/mol. The van der Waals surface area contributed by atoms with Crippen molar-refractivity contribution in [1.82, 2.24) is 10.7 Å². The highest BCUT2D eigenvalue weighted by Crippen LogP contribution is 2.18. The third-order valence-corrected chi connectivity index (χ3v) is 2.37. The van der Waals surface area contributed by atoms with Gasteiger partial charge in [-0.3, -0.25) is 9.59 Å². The number of methoxy groups -OCH3 is 1. The van der Waals surface area contributed by atoms with E-state index >= 15 is 0 Å². The topological polar surface area (TPSA) is 120 Å². The molecule has 0 spiro atoms. The number of ether oxygens (including phenoxy) is 1. The van der Waals surface area contributed by atoms with Gasteiger partial charge in [-0.15, -0.1) is 0 Å². The fraction of sp³-hybridized carbons (Fsp3) is 0.231. The van der Waals surface area contributed by atoms with Crippen LogP contribution in [0.1, 0.15) is 22.8 Å². The third-order valence-electron chi connectivity index (χ3n) is 2.37. The minimum absolute atomic E-state index is 0.142. The number of aromatic carboxylic acids is 1. The second kappa shape index (κ2) is 7.63. The molecule has 0 bridgehead atoms. The monoisotopic (exact) mass is 292 g/mol. The van der Waals surface area contributed by atoms with E-state index in [1.54, 1.807) is 6.92 Å². The Balaban J connectivity index is 2.77. The number of rotatable bonds is 5. The number of nitrogens with zero attached hydrogens (tertiary/aromatic N) is 1. The lowest BCUT2D eigenvalue weighted by Crippen LogP contribution is -2.37. The minimum atomic E-state index is -1.39. The molecule has 1 rings (SSSR count). The molecule has 0 fully saturated rings. The van der Waals surface area contributed by atoms with Crippen LogP contribution in [0.3, 0.4) is 0 Å². The molecular formula is C13H14N3O5-. The van der Waals surface area contributed by atoms with Gasteiger partial charge in [-0.05, 0) is 30.7 Å². The van der Waals surface area contributed by atoms with Crippen LogP contribution in [0, 0.1) is 0 Å². The molecule has 0 aliphatic rings. The lowest BCUT2D eigenvalue weighted by Gasteiger charge is -2.09. The largest absolute Gasteiger partial charge is 0.545 e. The maximum Gasteiger partial charge on any atom is 0.329 e. The van der Waals surface area contributed by atoms with Crippen molar-refractivity contribution < 1.29 is 24.2 Å². The van der Waals surface area contributed by atoms with Crippen LogP contribution in [0.25, 0.3) is 0 Å². The number of hydrogen-bond acceptors (Lipinski definition) is 6. The van der Waals surface area contributed by atoms with Crippen molar-refractivity contribution in [3.63, 3.8) is 0 Å². The third kappa shape index (κ3) is 4.60. The molecule has 8 nitrogen and oxygen atoms in total. The molecule has 0 atom stereocenters. The minimum Gasteiger partial charge on any atom is -0.545 e. The van der Waals surface area contributed by atoms with E-state index in [1.165, 1.54) is 31.5 Å². The molecule has 1 aromatic carbocycles. The number of hydrazone groups is 1. The number of likely N-dealkylation sites (N-methyl/N-ethyl adjacent to an activating group) is 1. The Hall–Kier alpha value is -2.90. The number of hydrogen-bond donors (Lipinski definition) is 2. The van der Waals surface area contributed by atoms with Crippen LogP contribution in [0.5, 0.6) is 5.75 Å². The summed E-state index contributed by atoms with van der Waals surface area (Å²) in [6, 6.07) is 4.24. The molecule has 8 heteroatoms. The van der Waals surface area contributed by atoms with E-state index in [-0.39, 0.29) is 11.3 Å². The lowest BCUT2D eigenvalue weighted by molar-refractivity contribution is -0.255. The smallest absolute Gasteiger partial charge is 0.329 e. The Morgan fingerprint density at radius 2 is 2.05 bits per heavy atom. The second-order valence-corrected chi connectivity index (χ2v) is 3.81. The number of carbonyl (C=O) groups is 3. The number of amides is 2. The zero-order valence-electron chi connectivity index (χ0n) is 11.5. The zero-order valence-corrected chi connectivity index (χ0v) is 11.5. The molecule has 0 unspecified atom stereocenters. The molecule has 0 radical (unpaired) electrons. The van der Waals surface area contributed by atoms with Crippen LogP contribution in [0.4, 0.5) is 0 Å². The standard InChI is InChI=1S/C13H15N3O5/c1-3-14-11(17)12(18)16-15-7-8-4-5-10(21-2)9(6-8)13(19)20/h4-7H,3H2,1-2H3,(H,14,17)(H,16,18)(H,19,20)/p-1/b15-7-. The Morgan fingerprint density at radius 1 is 1.33 bits per heavy atom. The predicted octanol–water partition coefficient (Wildman–Crippen LogP) is -1.36. The van der Waals surface area contributed by atoms with Gasteiger partial charge >= 0.3 is 11.8 Å². The molecule has 2 N–H and O–H groups in total. The Kier molecular flexibility index (Phi) is 5.87. The zero-order chi connectivity index (χ0) is 15.8. The molecule has 0 saturated heterocycles.